The molecule has 0 spiro atoms. The van der Waals surface area contributed by atoms with Gasteiger partial charge in [-0.3, -0.25) is 9.69 Å². The first-order valence-corrected chi connectivity index (χ1v) is 8.74. The lowest BCUT2D eigenvalue weighted by Gasteiger charge is -2.23. The van der Waals surface area contributed by atoms with E-state index in [1.54, 1.807) is 31.2 Å². The number of benzene rings is 3. The average Bonchev–Trinajstić information content (AvgIpc) is 2.86. The highest BCUT2D eigenvalue weighted by Gasteiger charge is 2.49. The molecule has 1 fully saturated rings. The summed E-state index contributed by atoms with van der Waals surface area (Å²) in [4.78, 5) is 26.9. The highest BCUT2D eigenvalue weighted by atomic mass is 35.5. The van der Waals surface area contributed by atoms with Crippen LogP contribution in [0.4, 0.5) is 4.79 Å². The summed E-state index contributed by atoms with van der Waals surface area (Å²) in [5, 5.41) is 5.37. The molecule has 1 unspecified atom stereocenters. The second-order valence-electron chi connectivity index (χ2n) is 6.56. The van der Waals surface area contributed by atoms with Crippen LogP contribution < -0.4 is 5.32 Å². The van der Waals surface area contributed by atoms with Crippen LogP contribution in [-0.4, -0.2) is 16.8 Å². The summed E-state index contributed by atoms with van der Waals surface area (Å²) >= 11 is 6.27. The van der Waals surface area contributed by atoms with Gasteiger partial charge in [0.1, 0.15) is 5.54 Å². The van der Waals surface area contributed by atoms with E-state index in [-0.39, 0.29) is 12.5 Å². The zero-order valence-electron chi connectivity index (χ0n) is 14.2. The number of nitrogens with one attached hydrogen (secondary N) is 1. The summed E-state index contributed by atoms with van der Waals surface area (Å²) in [7, 11) is 0. The van der Waals surface area contributed by atoms with Crippen molar-refractivity contribution >= 4 is 34.3 Å². The van der Waals surface area contributed by atoms with Gasteiger partial charge in [-0.25, -0.2) is 4.79 Å². The van der Waals surface area contributed by atoms with Crippen molar-refractivity contribution in [2.45, 2.75) is 19.0 Å². The molecule has 1 saturated heterocycles. The normalized spacial score (nSPS) is 19.8. The van der Waals surface area contributed by atoms with Crippen LogP contribution >= 0.6 is 11.6 Å². The molecule has 3 aromatic rings. The Balaban J connectivity index is 1.71. The maximum Gasteiger partial charge on any atom is 0.325 e. The summed E-state index contributed by atoms with van der Waals surface area (Å²) in [5.41, 5.74) is 0.357. The van der Waals surface area contributed by atoms with Crippen molar-refractivity contribution in [1.82, 2.24) is 10.2 Å². The topological polar surface area (TPSA) is 49.4 Å². The lowest BCUT2D eigenvalue weighted by Crippen LogP contribution is -2.41. The van der Waals surface area contributed by atoms with Gasteiger partial charge in [-0.2, -0.15) is 0 Å². The van der Waals surface area contributed by atoms with Gasteiger partial charge >= 0.3 is 6.03 Å². The van der Waals surface area contributed by atoms with Gasteiger partial charge in [-0.05, 0) is 29.3 Å². The monoisotopic (exact) mass is 364 g/mol. The van der Waals surface area contributed by atoms with Crippen molar-refractivity contribution in [3.63, 3.8) is 0 Å². The first-order chi connectivity index (χ1) is 12.5. The van der Waals surface area contributed by atoms with Crippen LogP contribution in [0.1, 0.15) is 18.1 Å². The van der Waals surface area contributed by atoms with E-state index in [0.717, 1.165) is 16.3 Å². The quantitative estimate of drug-likeness (QED) is 0.697. The predicted octanol–water partition coefficient (Wildman–Crippen LogP) is 4.46. The number of fused-ring (bicyclic) bond motifs is 1. The van der Waals surface area contributed by atoms with E-state index in [1.165, 1.54) is 4.90 Å². The number of amides is 3. The van der Waals surface area contributed by atoms with Gasteiger partial charge in [0.05, 0.1) is 6.54 Å². The van der Waals surface area contributed by atoms with Crippen molar-refractivity contribution in [2.24, 2.45) is 0 Å². The zero-order valence-corrected chi connectivity index (χ0v) is 15.0. The van der Waals surface area contributed by atoms with E-state index in [1.807, 2.05) is 42.5 Å². The SMILES string of the molecule is CC1(c2ccccc2Cl)NC(=O)N(Cc2cccc3ccccc23)C1=O. The summed E-state index contributed by atoms with van der Waals surface area (Å²) in [6.07, 6.45) is 0. The zero-order chi connectivity index (χ0) is 18.3. The molecule has 4 nitrogen and oxygen atoms in total. The van der Waals surface area contributed by atoms with E-state index < -0.39 is 11.6 Å². The van der Waals surface area contributed by atoms with E-state index >= 15 is 0 Å². The summed E-state index contributed by atoms with van der Waals surface area (Å²) in [6, 6.07) is 20.5. The van der Waals surface area contributed by atoms with Crippen LogP contribution in [-0.2, 0) is 16.9 Å². The van der Waals surface area contributed by atoms with E-state index in [0.29, 0.717) is 10.6 Å². The maximum atomic E-state index is 13.1. The number of halogens is 1. The lowest BCUT2D eigenvalue weighted by molar-refractivity contribution is -0.131. The van der Waals surface area contributed by atoms with Crippen LogP contribution in [0.25, 0.3) is 10.8 Å². The summed E-state index contributed by atoms with van der Waals surface area (Å²) < 4.78 is 0. The molecule has 0 bridgehead atoms. The van der Waals surface area contributed by atoms with Crippen molar-refractivity contribution in [2.75, 3.05) is 0 Å². The van der Waals surface area contributed by atoms with E-state index in [4.69, 9.17) is 11.6 Å². The Morgan fingerprint density at radius 2 is 1.65 bits per heavy atom. The third-order valence-corrected chi connectivity index (χ3v) is 5.23. The number of carbonyl (C=O) groups is 2. The molecule has 4 rings (SSSR count). The Bertz CT molecular complexity index is 1030. The Morgan fingerprint density at radius 3 is 2.46 bits per heavy atom. The van der Waals surface area contributed by atoms with Crippen LogP contribution in [0.2, 0.25) is 5.02 Å². The smallest absolute Gasteiger partial charge is 0.319 e. The van der Waals surface area contributed by atoms with Crippen LogP contribution in [0.3, 0.4) is 0 Å². The van der Waals surface area contributed by atoms with Crippen LogP contribution in [0.5, 0.6) is 0 Å². The van der Waals surface area contributed by atoms with Crippen molar-refractivity contribution in [3.05, 3.63) is 82.9 Å². The fraction of sp³-hybridized carbons (Fsp3) is 0.143. The van der Waals surface area contributed by atoms with Crippen LogP contribution in [0, 0.1) is 0 Å². The third-order valence-electron chi connectivity index (χ3n) is 4.90. The molecule has 1 aliphatic heterocycles. The van der Waals surface area contributed by atoms with E-state index in [2.05, 4.69) is 5.32 Å². The number of urea groups is 1. The highest BCUT2D eigenvalue weighted by molar-refractivity contribution is 6.32. The molecule has 1 atom stereocenters. The minimum Gasteiger partial charge on any atom is -0.319 e. The Labute approximate surface area is 156 Å². The van der Waals surface area contributed by atoms with Gasteiger partial charge in [0.2, 0.25) is 0 Å². The van der Waals surface area contributed by atoms with Gasteiger partial charge < -0.3 is 5.32 Å². The molecular weight excluding hydrogens is 348 g/mol. The fourth-order valence-corrected chi connectivity index (χ4v) is 3.82. The Morgan fingerprint density at radius 1 is 0.962 bits per heavy atom. The second kappa shape index (κ2) is 6.15. The number of hydrogen-bond acceptors (Lipinski definition) is 2. The molecule has 0 aliphatic carbocycles. The summed E-state index contributed by atoms with van der Waals surface area (Å²) in [6.45, 7) is 1.91. The Hall–Kier alpha value is -2.85. The molecule has 130 valence electrons. The minimum absolute atomic E-state index is 0.214. The third kappa shape index (κ3) is 2.54. The molecule has 1 aliphatic rings. The largest absolute Gasteiger partial charge is 0.325 e. The Kier molecular flexibility index (Phi) is 3.93. The standard InChI is InChI=1S/C21H17ClN2O2/c1-21(17-11-4-5-12-18(17)22)19(25)24(20(26)23-21)13-15-9-6-8-14-7-2-3-10-16(14)15/h2-12H,13H2,1H3,(H,23,26). The number of carbonyl (C=O) groups excluding carboxylic acids is 2. The van der Waals surface area contributed by atoms with Crippen molar-refractivity contribution in [1.29, 1.82) is 0 Å². The van der Waals surface area contributed by atoms with Gasteiger partial charge in [0.15, 0.2) is 0 Å². The first kappa shape index (κ1) is 16.6. The highest BCUT2D eigenvalue weighted by Crippen LogP contribution is 2.34. The molecule has 0 aromatic heterocycles. The number of nitrogens with zero attached hydrogens (tertiary/aromatic N) is 1. The molecule has 1 N–H and O–H groups in total. The molecule has 0 radical (unpaired) electrons. The fourth-order valence-electron chi connectivity index (χ4n) is 3.49. The first-order valence-electron chi connectivity index (χ1n) is 8.36. The summed E-state index contributed by atoms with van der Waals surface area (Å²) in [5.74, 6) is -0.302. The van der Waals surface area contributed by atoms with Gasteiger partial charge in [-0.15, -0.1) is 0 Å². The molecule has 3 aromatic carbocycles. The second-order valence-corrected chi connectivity index (χ2v) is 6.97. The van der Waals surface area contributed by atoms with Crippen molar-refractivity contribution < 1.29 is 9.59 Å². The van der Waals surface area contributed by atoms with Gasteiger partial charge in [-0.1, -0.05) is 72.3 Å². The molecular formula is C21H17ClN2O2. The maximum absolute atomic E-state index is 13.1. The lowest BCUT2D eigenvalue weighted by atomic mass is 9.92. The van der Waals surface area contributed by atoms with Gasteiger partial charge in [0.25, 0.3) is 5.91 Å². The van der Waals surface area contributed by atoms with E-state index in [9.17, 15) is 9.59 Å². The number of hydrogen-bond donors (Lipinski definition) is 1. The van der Waals surface area contributed by atoms with Gasteiger partial charge in [0, 0.05) is 10.6 Å². The van der Waals surface area contributed by atoms with Crippen LogP contribution in [0.15, 0.2) is 66.7 Å². The number of rotatable bonds is 3. The average molecular weight is 365 g/mol. The number of imide groups is 1. The molecule has 26 heavy (non-hydrogen) atoms. The molecule has 5 heteroatoms. The molecule has 0 saturated carbocycles. The molecule has 3 amide bonds. The predicted molar refractivity (Wildman–Crippen MR) is 102 cm³/mol. The van der Waals surface area contributed by atoms with Crippen molar-refractivity contribution in [3.8, 4) is 0 Å². The minimum atomic E-state index is -1.17. The molecule has 1 heterocycles.